The summed E-state index contributed by atoms with van der Waals surface area (Å²) in [7, 11) is 1.75. The molecule has 5 aromatic rings. The number of nitrogens with two attached hydrogens (primary N) is 1. The van der Waals surface area contributed by atoms with Gasteiger partial charge in [-0.15, -0.1) is 0 Å². The van der Waals surface area contributed by atoms with Crippen molar-refractivity contribution in [2.45, 2.75) is 5.41 Å². The van der Waals surface area contributed by atoms with Crippen LogP contribution in [0.4, 0.5) is 0 Å². The van der Waals surface area contributed by atoms with Crippen molar-refractivity contribution in [3.8, 4) is 22.3 Å². The number of hydrogen-bond donors (Lipinski definition) is 1. The third kappa shape index (κ3) is 2.94. The van der Waals surface area contributed by atoms with Crippen LogP contribution in [0.3, 0.4) is 0 Å². The molecule has 0 radical (unpaired) electrons. The number of hydrogen-bond acceptors (Lipinski definition) is 1. The Morgan fingerprint density at radius 2 is 1.03 bits per heavy atom. The fraction of sp³-hybridized carbons (Fsp3) is 0.0588. The topological polar surface area (TPSA) is 50.7 Å². The molecule has 0 atom stereocenters. The smallest absolute Gasteiger partial charge is 0.156 e. The van der Waals surface area contributed by atoms with Gasteiger partial charge >= 0.3 is 0 Å². The van der Waals surface area contributed by atoms with Gasteiger partial charge in [-0.3, -0.25) is 4.99 Å². The molecule has 2 N–H and O–H groups in total. The molecule has 2 aliphatic carbocycles. The molecule has 0 heterocycles. The molecule has 0 fully saturated rings. The number of nitrogens with zero attached hydrogens (tertiary/aromatic N) is 2. The number of aliphatic imine (C=N–C) groups is 2. The molecular weight excluding hydrogens is 450 g/mol. The summed E-state index contributed by atoms with van der Waals surface area (Å²) in [5, 5.41) is 0. The van der Waals surface area contributed by atoms with Crippen molar-refractivity contribution in [1.29, 1.82) is 0 Å². The maximum Gasteiger partial charge on any atom is 0.156 e. The molecule has 0 saturated carbocycles. The van der Waals surface area contributed by atoms with E-state index in [1.807, 2.05) is 30.3 Å². The third-order valence-corrected chi connectivity index (χ3v) is 7.76. The lowest BCUT2D eigenvalue weighted by molar-refractivity contribution is 0.793. The number of amidine groups is 2. The number of benzene rings is 5. The first-order valence-electron chi connectivity index (χ1n) is 12.5. The molecule has 7 rings (SSSR count). The van der Waals surface area contributed by atoms with E-state index in [1.54, 1.807) is 7.05 Å². The molecule has 0 aliphatic heterocycles. The van der Waals surface area contributed by atoms with Crippen LogP contribution in [0, 0.1) is 0 Å². The lowest BCUT2D eigenvalue weighted by Crippen LogP contribution is -2.26. The fourth-order valence-corrected chi connectivity index (χ4v) is 6.26. The molecule has 3 heteroatoms. The van der Waals surface area contributed by atoms with E-state index in [4.69, 9.17) is 10.7 Å². The molecule has 0 amide bonds. The minimum atomic E-state index is -0.392. The standard InChI is InChI=1S/C34H25N3/c1-36-33(22-11-3-2-4-12-22)37-32(35)23-19-20-27-26-15-7-10-18-30(26)34(31(27)21-23)28-16-8-5-13-24(28)25-14-6-9-17-29(25)34/h2-21H,1H3,(H2,35,36,37). The zero-order valence-corrected chi connectivity index (χ0v) is 20.5. The van der Waals surface area contributed by atoms with Crippen LogP contribution >= 0.6 is 0 Å². The van der Waals surface area contributed by atoms with Crippen molar-refractivity contribution in [3.05, 3.63) is 155 Å². The summed E-state index contributed by atoms with van der Waals surface area (Å²) < 4.78 is 0. The van der Waals surface area contributed by atoms with Crippen LogP contribution in [0.15, 0.2) is 131 Å². The maximum atomic E-state index is 6.65. The van der Waals surface area contributed by atoms with E-state index in [-0.39, 0.29) is 0 Å². The summed E-state index contributed by atoms with van der Waals surface area (Å²) in [5.74, 6) is 1.08. The second kappa shape index (κ2) is 8.14. The SMILES string of the molecule is CN=C(N=C(N)c1ccc2c(c1)C1(c3ccccc3-c3ccccc31)c1ccccc1-2)c1ccccc1. The summed E-state index contributed by atoms with van der Waals surface area (Å²) in [6.07, 6.45) is 0. The summed E-state index contributed by atoms with van der Waals surface area (Å²) >= 11 is 0. The molecule has 37 heavy (non-hydrogen) atoms. The van der Waals surface area contributed by atoms with Gasteiger partial charge in [-0.25, -0.2) is 4.99 Å². The van der Waals surface area contributed by atoms with Gasteiger partial charge in [-0.05, 0) is 50.6 Å². The lowest BCUT2D eigenvalue weighted by Gasteiger charge is -2.30. The molecule has 0 unspecified atom stereocenters. The van der Waals surface area contributed by atoms with E-state index in [2.05, 4.69) is 96.0 Å². The maximum absolute atomic E-state index is 6.65. The van der Waals surface area contributed by atoms with Crippen LogP contribution in [0.5, 0.6) is 0 Å². The van der Waals surface area contributed by atoms with Crippen LogP contribution < -0.4 is 5.73 Å². The molecule has 1 spiro atoms. The van der Waals surface area contributed by atoms with Crippen molar-refractivity contribution in [2.75, 3.05) is 7.05 Å². The molecule has 3 nitrogen and oxygen atoms in total. The van der Waals surface area contributed by atoms with Gasteiger partial charge in [0.2, 0.25) is 0 Å². The fourth-order valence-electron chi connectivity index (χ4n) is 6.26. The van der Waals surface area contributed by atoms with Crippen molar-refractivity contribution in [3.63, 3.8) is 0 Å². The first kappa shape index (κ1) is 21.5. The largest absolute Gasteiger partial charge is 0.383 e. The minimum Gasteiger partial charge on any atom is -0.383 e. The summed E-state index contributed by atoms with van der Waals surface area (Å²) in [6.45, 7) is 0. The van der Waals surface area contributed by atoms with Gasteiger partial charge in [0.25, 0.3) is 0 Å². The van der Waals surface area contributed by atoms with Gasteiger partial charge in [0.1, 0.15) is 5.84 Å². The Hall–Kier alpha value is -4.76. The van der Waals surface area contributed by atoms with Crippen molar-refractivity contribution in [2.24, 2.45) is 15.7 Å². The first-order valence-corrected chi connectivity index (χ1v) is 12.5. The average Bonchev–Trinajstić information content (AvgIpc) is 3.43. The van der Waals surface area contributed by atoms with Gasteiger partial charge in [0.05, 0.1) is 5.41 Å². The second-order valence-electron chi connectivity index (χ2n) is 9.56. The second-order valence-corrected chi connectivity index (χ2v) is 9.56. The first-order chi connectivity index (χ1) is 18.2. The van der Waals surface area contributed by atoms with Crippen molar-refractivity contribution >= 4 is 11.7 Å². The van der Waals surface area contributed by atoms with Gasteiger partial charge in [-0.1, -0.05) is 115 Å². The Bertz CT molecular complexity index is 1680. The molecule has 2 aliphatic rings. The predicted molar refractivity (Wildman–Crippen MR) is 152 cm³/mol. The van der Waals surface area contributed by atoms with Gasteiger partial charge in [0.15, 0.2) is 5.84 Å². The Morgan fingerprint density at radius 1 is 0.541 bits per heavy atom. The molecule has 0 aromatic heterocycles. The van der Waals surface area contributed by atoms with Crippen molar-refractivity contribution < 1.29 is 0 Å². The van der Waals surface area contributed by atoms with E-state index in [1.165, 1.54) is 44.5 Å². The zero-order chi connectivity index (χ0) is 25.0. The van der Waals surface area contributed by atoms with E-state index in [9.17, 15) is 0 Å². The van der Waals surface area contributed by atoms with E-state index >= 15 is 0 Å². The third-order valence-electron chi connectivity index (χ3n) is 7.76. The highest BCUT2D eigenvalue weighted by Gasteiger charge is 2.51. The van der Waals surface area contributed by atoms with Crippen LogP contribution in [0.1, 0.15) is 33.4 Å². The average molecular weight is 476 g/mol. The Labute approximate surface area is 216 Å². The summed E-state index contributed by atoms with van der Waals surface area (Å²) in [4.78, 5) is 9.17. The van der Waals surface area contributed by atoms with Crippen LogP contribution in [0.2, 0.25) is 0 Å². The Balaban J connectivity index is 1.48. The Kier molecular flexibility index (Phi) is 4.73. The van der Waals surface area contributed by atoms with Crippen LogP contribution in [-0.4, -0.2) is 18.7 Å². The normalized spacial score (nSPS) is 14.7. The molecule has 0 saturated heterocycles. The lowest BCUT2D eigenvalue weighted by atomic mass is 9.70. The van der Waals surface area contributed by atoms with Gasteiger partial charge in [-0.2, -0.15) is 0 Å². The number of rotatable bonds is 2. The van der Waals surface area contributed by atoms with Crippen LogP contribution in [-0.2, 0) is 5.41 Å². The molecule has 176 valence electrons. The predicted octanol–water partition coefficient (Wildman–Crippen LogP) is 6.81. The van der Waals surface area contributed by atoms with Crippen LogP contribution in [0.25, 0.3) is 22.3 Å². The van der Waals surface area contributed by atoms with Crippen molar-refractivity contribution in [1.82, 2.24) is 0 Å². The van der Waals surface area contributed by atoms with E-state index < -0.39 is 5.41 Å². The summed E-state index contributed by atoms with van der Waals surface area (Å²) in [5.41, 5.74) is 18.4. The highest BCUT2D eigenvalue weighted by atomic mass is 15.0. The molecule has 0 bridgehead atoms. The molecular formula is C34H25N3. The zero-order valence-electron chi connectivity index (χ0n) is 20.5. The van der Waals surface area contributed by atoms with E-state index in [0.717, 1.165) is 11.1 Å². The van der Waals surface area contributed by atoms with E-state index in [0.29, 0.717) is 11.7 Å². The highest BCUT2D eigenvalue weighted by molar-refractivity contribution is 6.11. The van der Waals surface area contributed by atoms with Gasteiger partial charge in [0, 0.05) is 18.2 Å². The highest BCUT2D eigenvalue weighted by Crippen LogP contribution is 2.62. The summed E-state index contributed by atoms with van der Waals surface area (Å²) in [6, 6.07) is 42.9. The quantitative estimate of drug-likeness (QED) is 0.217. The molecule has 5 aromatic carbocycles. The minimum absolute atomic E-state index is 0.392. The Morgan fingerprint density at radius 3 is 1.57 bits per heavy atom. The number of fused-ring (bicyclic) bond motifs is 10. The monoisotopic (exact) mass is 475 g/mol. The van der Waals surface area contributed by atoms with Gasteiger partial charge < -0.3 is 5.73 Å².